The number of benzene rings is 2. The van der Waals surface area contributed by atoms with Crippen LogP contribution in [0.1, 0.15) is 22.7 Å². The molecule has 0 aliphatic heterocycles. The molecular formula is C15H14F3N. The molecule has 0 saturated heterocycles. The third-order valence-electron chi connectivity index (χ3n) is 3.02. The van der Waals surface area contributed by atoms with Gasteiger partial charge >= 0.3 is 0 Å². The van der Waals surface area contributed by atoms with Gasteiger partial charge in [0.2, 0.25) is 0 Å². The largest absolute Gasteiger partial charge is 0.309 e. The van der Waals surface area contributed by atoms with E-state index in [9.17, 15) is 13.2 Å². The maximum Gasteiger partial charge on any atom is 0.128 e. The minimum absolute atomic E-state index is 0.0898. The van der Waals surface area contributed by atoms with Crippen molar-refractivity contribution < 1.29 is 13.2 Å². The van der Waals surface area contributed by atoms with Gasteiger partial charge in [0.05, 0.1) is 6.04 Å². The van der Waals surface area contributed by atoms with Gasteiger partial charge in [-0.05, 0) is 38.2 Å². The number of hydrogen-bond donors (Lipinski definition) is 1. The SMILES string of the molecule is CNC(c1cc(C)ccc1F)c1cc(F)ccc1F. The number of nitrogens with one attached hydrogen (secondary N) is 1. The van der Waals surface area contributed by atoms with Gasteiger partial charge < -0.3 is 5.32 Å². The Bertz CT molecular complexity index is 544. The average Bonchev–Trinajstić information content (AvgIpc) is 2.38. The summed E-state index contributed by atoms with van der Waals surface area (Å²) in [6.45, 7) is 1.82. The van der Waals surface area contributed by atoms with Crippen molar-refractivity contribution in [2.75, 3.05) is 7.05 Å². The van der Waals surface area contributed by atoms with Gasteiger partial charge in [0, 0.05) is 11.1 Å². The summed E-state index contributed by atoms with van der Waals surface area (Å²) in [7, 11) is 1.58. The zero-order valence-electron chi connectivity index (χ0n) is 10.7. The maximum absolute atomic E-state index is 13.9. The van der Waals surface area contributed by atoms with E-state index in [1.54, 1.807) is 19.2 Å². The van der Waals surface area contributed by atoms with E-state index < -0.39 is 23.5 Å². The van der Waals surface area contributed by atoms with Gasteiger partial charge in [0.25, 0.3) is 0 Å². The first-order valence-corrected chi connectivity index (χ1v) is 5.91. The maximum atomic E-state index is 13.9. The van der Waals surface area contributed by atoms with E-state index in [0.29, 0.717) is 5.56 Å². The lowest BCUT2D eigenvalue weighted by Gasteiger charge is -2.19. The van der Waals surface area contributed by atoms with Crippen LogP contribution in [0.3, 0.4) is 0 Å². The Labute approximate surface area is 110 Å². The van der Waals surface area contributed by atoms with E-state index in [0.717, 1.165) is 23.8 Å². The van der Waals surface area contributed by atoms with Crippen LogP contribution in [0.4, 0.5) is 13.2 Å². The van der Waals surface area contributed by atoms with Gasteiger partial charge in [-0.25, -0.2) is 13.2 Å². The van der Waals surface area contributed by atoms with E-state index in [-0.39, 0.29) is 5.56 Å². The van der Waals surface area contributed by atoms with Crippen LogP contribution >= 0.6 is 0 Å². The first-order valence-electron chi connectivity index (χ1n) is 5.91. The van der Waals surface area contributed by atoms with Crippen LogP contribution in [0.25, 0.3) is 0 Å². The Hall–Kier alpha value is -1.81. The van der Waals surface area contributed by atoms with Crippen molar-refractivity contribution in [3.05, 3.63) is 70.5 Å². The minimum atomic E-state index is -0.726. The van der Waals surface area contributed by atoms with Crippen molar-refractivity contribution >= 4 is 0 Å². The van der Waals surface area contributed by atoms with E-state index in [4.69, 9.17) is 0 Å². The van der Waals surface area contributed by atoms with Crippen LogP contribution < -0.4 is 5.32 Å². The molecule has 19 heavy (non-hydrogen) atoms. The number of hydrogen-bond acceptors (Lipinski definition) is 1. The van der Waals surface area contributed by atoms with E-state index in [1.165, 1.54) is 6.07 Å². The Morgan fingerprint density at radius 2 is 1.47 bits per heavy atom. The van der Waals surface area contributed by atoms with Crippen molar-refractivity contribution in [3.63, 3.8) is 0 Å². The minimum Gasteiger partial charge on any atom is -0.309 e. The molecule has 0 amide bonds. The molecule has 4 heteroatoms. The van der Waals surface area contributed by atoms with Crippen LogP contribution in [0.15, 0.2) is 36.4 Å². The molecule has 0 heterocycles. The summed E-state index contributed by atoms with van der Waals surface area (Å²) >= 11 is 0. The van der Waals surface area contributed by atoms with Crippen molar-refractivity contribution in [1.29, 1.82) is 0 Å². The van der Waals surface area contributed by atoms with Gasteiger partial charge in [-0.1, -0.05) is 17.7 Å². The standard InChI is InChI=1S/C15H14F3N/c1-9-3-5-13(17)11(7-9)15(19-2)12-8-10(16)4-6-14(12)18/h3-8,15,19H,1-2H3. The lowest BCUT2D eigenvalue weighted by molar-refractivity contribution is 0.537. The molecule has 0 fully saturated rings. The Balaban J connectivity index is 2.55. The van der Waals surface area contributed by atoms with E-state index >= 15 is 0 Å². The molecule has 0 radical (unpaired) electrons. The van der Waals surface area contributed by atoms with Crippen LogP contribution in [0.2, 0.25) is 0 Å². The van der Waals surface area contributed by atoms with Crippen molar-refractivity contribution in [3.8, 4) is 0 Å². The van der Waals surface area contributed by atoms with Crippen molar-refractivity contribution in [2.24, 2.45) is 0 Å². The molecular weight excluding hydrogens is 251 g/mol. The molecule has 0 spiro atoms. The van der Waals surface area contributed by atoms with Gasteiger partial charge in [-0.15, -0.1) is 0 Å². The Morgan fingerprint density at radius 3 is 2.11 bits per heavy atom. The third-order valence-corrected chi connectivity index (χ3v) is 3.02. The second-order valence-electron chi connectivity index (χ2n) is 4.41. The molecule has 0 aromatic heterocycles. The zero-order valence-corrected chi connectivity index (χ0v) is 10.7. The number of aryl methyl sites for hydroxylation is 1. The van der Waals surface area contributed by atoms with Crippen LogP contribution in [0, 0.1) is 24.4 Å². The van der Waals surface area contributed by atoms with Gasteiger partial charge in [-0.3, -0.25) is 0 Å². The molecule has 2 aromatic rings. The highest BCUT2D eigenvalue weighted by Crippen LogP contribution is 2.27. The molecule has 0 aliphatic carbocycles. The first-order chi connectivity index (χ1) is 9.02. The third kappa shape index (κ3) is 2.79. The summed E-state index contributed by atoms with van der Waals surface area (Å²) in [6.07, 6.45) is 0. The lowest BCUT2D eigenvalue weighted by Crippen LogP contribution is -2.20. The summed E-state index contributed by atoms with van der Waals surface area (Å²) in [6, 6.07) is 7.02. The molecule has 100 valence electrons. The highest BCUT2D eigenvalue weighted by Gasteiger charge is 2.20. The first kappa shape index (κ1) is 13.6. The molecule has 2 rings (SSSR count). The summed E-state index contributed by atoms with van der Waals surface area (Å²) in [4.78, 5) is 0. The zero-order chi connectivity index (χ0) is 14.0. The van der Waals surface area contributed by atoms with E-state index in [1.807, 2.05) is 6.92 Å². The normalized spacial score (nSPS) is 12.5. The summed E-state index contributed by atoms with van der Waals surface area (Å²) in [5.74, 6) is -1.57. The second kappa shape index (κ2) is 5.45. The molecule has 2 aromatic carbocycles. The van der Waals surface area contributed by atoms with Gasteiger partial charge in [0.15, 0.2) is 0 Å². The molecule has 0 aliphatic rings. The molecule has 0 saturated carbocycles. The van der Waals surface area contributed by atoms with Crippen LogP contribution in [0.5, 0.6) is 0 Å². The highest BCUT2D eigenvalue weighted by molar-refractivity contribution is 5.36. The average molecular weight is 265 g/mol. The van der Waals surface area contributed by atoms with Crippen LogP contribution in [-0.2, 0) is 0 Å². The number of rotatable bonds is 3. The predicted molar refractivity (Wildman–Crippen MR) is 68.4 cm³/mol. The fraction of sp³-hybridized carbons (Fsp3) is 0.200. The van der Waals surface area contributed by atoms with Crippen molar-refractivity contribution in [2.45, 2.75) is 13.0 Å². The molecule has 1 atom stereocenters. The van der Waals surface area contributed by atoms with Gasteiger partial charge in [0.1, 0.15) is 17.5 Å². The Kier molecular flexibility index (Phi) is 3.90. The number of halogens is 3. The summed E-state index contributed by atoms with van der Waals surface area (Å²) < 4.78 is 40.9. The molecule has 1 nitrogen and oxygen atoms in total. The summed E-state index contributed by atoms with van der Waals surface area (Å²) in [5.41, 5.74) is 1.24. The predicted octanol–water partition coefficient (Wildman–Crippen LogP) is 3.72. The second-order valence-corrected chi connectivity index (χ2v) is 4.41. The molecule has 1 N–H and O–H groups in total. The molecule has 1 unspecified atom stereocenters. The van der Waals surface area contributed by atoms with E-state index in [2.05, 4.69) is 5.32 Å². The topological polar surface area (TPSA) is 12.0 Å². The van der Waals surface area contributed by atoms with Gasteiger partial charge in [-0.2, -0.15) is 0 Å². The Morgan fingerprint density at radius 1 is 0.895 bits per heavy atom. The smallest absolute Gasteiger partial charge is 0.128 e. The monoisotopic (exact) mass is 265 g/mol. The fourth-order valence-corrected chi connectivity index (χ4v) is 2.10. The van der Waals surface area contributed by atoms with Crippen molar-refractivity contribution in [1.82, 2.24) is 5.32 Å². The fourth-order valence-electron chi connectivity index (χ4n) is 2.10. The lowest BCUT2D eigenvalue weighted by atomic mass is 9.96. The van der Waals surface area contributed by atoms with Crippen LogP contribution in [-0.4, -0.2) is 7.05 Å². The quantitative estimate of drug-likeness (QED) is 0.891. The molecule has 0 bridgehead atoms. The highest BCUT2D eigenvalue weighted by atomic mass is 19.1. The summed E-state index contributed by atoms with van der Waals surface area (Å²) in [5, 5.41) is 2.82.